The molecule has 0 saturated carbocycles. The van der Waals surface area contributed by atoms with E-state index in [2.05, 4.69) is 16.7 Å². The van der Waals surface area contributed by atoms with E-state index in [1.54, 1.807) is 7.11 Å². The molecule has 0 aliphatic heterocycles. The van der Waals surface area contributed by atoms with Crippen molar-refractivity contribution in [3.8, 4) is 5.75 Å². The molecule has 126 valence electrons. The lowest BCUT2D eigenvalue weighted by atomic mass is 10.1. The molecule has 0 spiro atoms. The second kappa shape index (κ2) is 7.95. The van der Waals surface area contributed by atoms with Crippen molar-refractivity contribution in [1.82, 2.24) is 10.3 Å². The van der Waals surface area contributed by atoms with Gasteiger partial charge in [-0.2, -0.15) is 0 Å². The Balaban J connectivity index is 1.91. The highest BCUT2D eigenvalue weighted by molar-refractivity contribution is 6.07. The zero-order chi connectivity index (χ0) is 16.8. The minimum atomic E-state index is 0.173. The standard InChI is InChI=1S/C19H23N3O2/c1-24-14-7-8-18-16(13-14)19(21-10-4-9-20-11-12-23)15-5-2-3-6-17(15)22-18/h2-3,5-8,13,20,23H,4,9-12H2,1H3,(H,21,22). The Hall–Kier alpha value is -2.37. The molecule has 0 aliphatic rings. The SMILES string of the molecule is COc1ccc2nc3ccccc3c(NCCCNCCO)c2c1. The zero-order valence-corrected chi connectivity index (χ0v) is 13.9. The Bertz CT molecular complexity index is 820. The summed E-state index contributed by atoms with van der Waals surface area (Å²) >= 11 is 0. The van der Waals surface area contributed by atoms with Crippen LogP contribution in [0.25, 0.3) is 21.8 Å². The molecule has 0 aliphatic carbocycles. The van der Waals surface area contributed by atoms with Crippen LogP contribution in [0, 0.1) is 0 Å². The molecule has 0 amide bonds. The Morgan fingerprint density at radius 3 is 2.67 bits per heavy atom. The van der Waals surface area contributed by atoms with Crippen LogP contribution in [0.15, 0.2) is 42.5 Å². The van der Waals surface area contributed by atoms with Gasteiger partial charge in [-0.25, -0.2) is 4.98 Å². The third-order valence-electron chi connectivity index (χ3n) is 4.01. The molecule has 5 heteroatoms. The first-order valence-electron chi connectivity index (χ1n) is 8.25. The Morgan fingerprint density at radius 1 is 1.00 bits per heavy atom. The third-order valence-corrected chi connectivity index (χ3v) is 4.01. The lowest BCUT2D eigenvalue weighted by Gasteiger charge is -2.14. The molecule has 0 fully saturated rings. The van der Waals surface area contributed by atoms with Gasteiger partial charge in [-0.3, -0.25) is 0 Å². The number of para-hydroxylation sites is 1. The predicted octanol–water partition coefficient (Wildman–Crippen LogP) is 2.78. The highest BCUT2D eigenvalue weighted by Gasteiger charge is 2.09. The van der Waals surface area contributed by atoms with Gasteiger partial charge in [-0.1, -0.05) is 18.2 Å². The largest absolute Gasteiger partial charge is 0.497 e. The first kappa shape index (κ1) is 16.5. The van der Waals surface area contributed by atoms with E-state index in [1.165, 1.54) is 0 Å². The number of nitrogens with zero attached hydrogens (tertiary/aromatic N) is 1. The van der Waals surface area contributed by atoms with Crippen molar-refractivity contribution in [3.05, 3.63) is 42.5 Å². The maximum Gasteiger partial charge on any atom is 0.119 e. The van der Waals surface area contributed by atoms with Gasteiger partial charge in [0.25, 0.3) is 0 Å². The van der Waals surface area contributed by atoms with Crippen molar-refractivity contribution in [2.24, 2.45) is 0 Å². The highest BCUT2D eigenvalue weighted by Crippen LogP contribution is 2.32. The zero-order valence-electron chi connectivity index (χ0n) is 13.9. The molecule has 3 rings (SSSR count). The number of nitrogens with one attached hydrogen (secondary N) is 2. The summed E-state index contributed by atoms with van der Waals surface area (Å²) in [6.45, 7) is 2.53. The first-order chi connectivity index (χ1) is 11.8. The van der Waals surface area contributed by atoms with Gasteiger partial charge in [-0.05, 0) is 37.2 Å². The topological polar surface area (TPSA) is 66.4 Å². The fourth-order valence-corrected chi connectivity index (χ4v) is 2.82. The molecule has 3 N–H and O–H groups in total. The smallest absolute Gasteiger partial charge is 0.119 e. The number of pyridine rings is 1. The number of aliphatic hydroxyl groups is 1. The lowest BCUT2D eigenvalue weighted by molar-refractivity contribution is 0.292. The van der Waals surface area contributed by atoms with Crippen LogP contribution in [0.1, 0.15) is 6.42 Å². The third kappa shape index (κ3) is 3.58. The van der Waals surface area contributed by atoms with Crippen LogP contribution in [-0.4, -0.2) is 43.4 Å². The number of rotatable bonds is 8. The molecule has 0 bridgehead atoms. The van der Waals surface area contributed by atoms with Gasteiger partial charge in [0.1, 0.15) is 5.75 Å². The van der Waals surface area contributed by atoms with Gasteiger partial charge < -0.3 is 20.5 Å². The Kier molecular flexibility index (Phi) is 5.46. The molecule has 0 unspecified atom stereocenters. The van der Waals surface area contributed by atoms with Gasteiger partial charge in [0.15, 0.2) is 0 Å². The van der Waals surface area contributed by atoms with Crippen LogP contribution in [-0.2, 0) is 0 Å². The molecule has 1 aromatic heterocycles. The number of aliphatic hydroxyl groups excluding tert-OH is 1. The molecule has 1 heterocycles. The van der Waals surface area contributed by atoms with Crippen molar-refractivity contribution in [2.75, 3.05) is 38.7 Å². The van der Waals surface area contributed by atoms with Gasteiger partial charge in [0.2, 0.25) is 0 Å². The van der Waals surface area contributed by atoms with E-state index in [-0.39, 0.29) is 6.61 Å². The second-order valence-electron chi connectivity index (χ2n) is 5.64. The van der Waals surface area contributed by atoms with Gasteiger partial charge >= 0.3 is 0 Å². The highest BCUT2D eigenvalue weighted by atomic mass is 16.5. The maximum atomic E-state index is 8.79. The van der Waals surface area contributed by atoms with Crippen molar-refractivity contribution in [1.29, 1.82) is 0 Å². The average molecular weight is 325 g/mol. The molecule has 5 nitrogen and oxygen atoms in total. The molecule has 3 aromatic rings. The van der Waals surface area contributed by atoms with Crippen LogP contribution in [0.3, 0.4) is 0 Å². The number of methoxy groups -OCH3 is 1. The summed E-state index contributed by atoms with van der Waals surface area (Å²) in [5.41, 5.74) is 3.03. The van der Waals surface area contributed by atoms with E-state index in [0.717, 1.165) is 52.8 Å². The molecule has 0 saturated heterocycles. The van der Waals surface area contributed by atoms with E-state index in [0.29, 0.717) is 6.54 Å². The van der Waals surface area contributed by atoms with Gasteiger partial charge in [0.05, 0.1) is 30.4 Å². The summed E-state index contributed by atoms with van der Waals surface area (Å²) < 4.78 is 5.37. The molecule has 2 aromatic carbocycles. The minimum Gasteiger partial charge on any atom is -0.497 e. The van der Waals surface area contributed by atoms with Gasteiger partial charge in [0, 0.05) is 23.9 Å². The predicted molar refractivity (Wildman–Crippen MR) is 98.9 cm³/mol. The summed E-state index contributed by atoms with van der Waals surface area (Å²) in [4.78, 5) is 4.75. The number of benzene rings is 2. The first-order valence-corrected chi connectivity index (χ1v) is 8.25. The maximum absolute atomic E-state index is 8.79. The summed E-state index contributed by atoms with van der Waals surface area (Å²) in [5.74, 6) is 0.826. The number of hydrogen-bond acceptors (Lipinski definition) is 5. The molecule has 0 atom stereocenters. The quantitative estimate of drug-likeness (QED) is 0.439. The number of ether oxygens (including phenoxy) is 1. The van der Waals surface area contributed by atoms with E-state index in [9.17, 15) is 0 Å². The van der Waals surface area contributed by atoms with Crippen molar-refractivity contribution in [3.63, 3.8) is 0 Å². The average Bonchev–Trinajstić information content (AvgIpc) is 2.63. The summed E-state index contributed by atoms with van der Waals surface area (Å²) in [6.07, 6.45) is 0.974. The lowest BCUT2D eigenvalue weighted by Crippen LogP contribution is -2.21. The molecule has 0 radical (unpaired) electrons. The van der Waals surface area contributed by atoms with Crippen LogP contribution >= 0.6 is 0 Å². The van der Waals surface area contributed by atoms with Crippen molar-refractivity contribution < 1.29 is 9.84 Å². The van der Waals surface area contributed by atoms with E-state index >= 15 is 0 Å². The molecular formula is C19H23N3O2. The van der Waals surface area contributed by atoms with E-state index in [4.69, 9.17) is 14.8 Å². The number of aromatic nitrogens is 1. The fourth-order valence-electron chi connectivity index (χ4n) is 2.82. The second-order valence-corrected chi connectivity index (χ2v) is 5.64. The van der Waals surface area contributed by atoms with Crippen molar-refractivity contribution >= 4 is 27.5 Å². The number of hydrogen-bond donors (Lipinski definition) is 3. The van der Waals surface area contributed by atoms with Crippen LogP contribution in [0.4, 0.5) is 5.69 Å². The fraction of sp³-hybridized carbons (Fsp3) is 0.316. The normalized spacial score (nSPS) is 11.1. The minimum absolute atomic E-state index is 0.173. The van der Waals surface area contributed by atoms with Crippen molar-refractivity contribution in [2.45, 2.75) is 6.42 Å². The summed E-state index contributed by atoms with van der Waals surface area (Å²) in [5, 5.41) is 17.7. The Labute approximate surface area is 141 Å². The van der Waals surface area contributed by atoms with E-state index in [1.807, 2.05) is 36.4 Å². The molecule has 24 heavy (non-hydrogen) atoms. The molecular weight excluding hydrogens is 302 g/mol. The monoisotopic (exact) mass is 325 g/mol. The van der Waals surface area contributed by atoms with Crippen LogP contribution < -0.4 is 15.4 Å². The number of anilines is 1. The van der Waals surface area contributed by atoms with Crippen LogP contribution in [0.5, 0.6) is 5.75 Å². The summed E-state index contributed by atoms with van der Waals surface area (Å²) in [6, 6.07) is 14.1. The van der Waals surface area contributed by atoms with Crippen LogP contribution in [0.2, 0.25) is 0 Å². The van der Waals surface area contributed by atoms with E-state index < -0.39 is 0 Å². The van der Waals surface area contributed by atoms with Gasteiger partial charge in [-0.15, -0.1) is 0 Å². The summed E-state index contributed by atoms with van der Waals surface area (Å²) in [7, 11) is 1.68. The Morgan fingerprint density at radius 2 is 1.83 bits per heavy atom. The number of fused-ring (bicyclic) bond motifs is 2.